The Morgan fingerprint density at radius 1 is 1.28 bits per heavy atom. The van der Waals surface area contributed by atoms with Gasteiger partial charge in [0.05, 0.1) is 0 Å². The molecule has 0 amide bonds. The summed E-state index contributed by atoms with van der Waals surface area (Å²) in [7, 11) is 0. The van der Waals surface area contributed by atoms with E-state index in [0.29, 0.717) is 12.2 Å². The number of ketones is 1. The van der Waals surface area contributed by atoms with E-state index in [-0.39, 0.29) is 0 Å². The van der Waals surface area contributed by atoms with Crippen LogP contribution in [-0.2, 0) is 11.2 Å². The lowest BCUT2D eigenvalue weighted by Gasteiger charge is -2.22. The molecular weight excluding hydrogens is 290 g/mol. The molecule has 0 bridgehead atoms. The Labute approximate surface area is 117 Å². The molecule has 2 nitrogen and oxygen atoms in total. The summed E-state index contributed by atoms with van der Waals surface area (Å²) in [5.74, 6) is 1.11. The first-order valence-electron chi connectivity index (χ1n) is 6.71. The maximum atomic E-state index is 12.0. The Morgan fingerprint density at radius 2 is 2.00 bits per heavy atom. The minimum Gasteiger partial charge on any atom is -0.317 e. The summed E-state index contributed by atoms with van der Waals surface area (Å²) >= 11 is 3.49. The summed E-state index contributed by atoms with van der Waals surface area (Å²) in [5.41, 5.74) is 1.10. The molecule has 98 valence electrons. The first kappa shape index (κ1) is 13.8. The van der Waals surface area contributed by atoms with Crippen LogP contribution < -0.4 is 5.32 Å². The third-order valence-corrected chi connectivity index (χ3v) is 4.41. The standard InChI is InChI=1S/C15H20BrNO/c16-15-4-2-1-3-13(15)11-14(18)6-5-12-7-9-17-10-8-12/h1-4,12,17H,5-11H2. The third-order valence-electron chi connectivity index (χ3n) is 3.64. The number of halogens is 1. The van der Waals surface area contributed by atoms with Crippen molar-refractivity contribution in [3.8, 4) is 0 Å². The fourth-order valence-electron chi connectivity index (χ4n) is 2.48. The molecule has 1 aromatic rings. The van der Waals surface area contributed by atoms with Gasteiger partial charge in [-0.3, -0.25) is 4.79 Å². The summed E-state index contributed by atoms with van der Waals surface area (Å²) < 4.78 is 1.04. The number of hydrogen-bond donors (Lipinski definition) is 1. The number of carbonyl (C=O) groups excluding carboxylic acids is 1. The smallest absolute Gasteiger partial charge is 0.137 e. The van der Waals surface area contributed by atoms with Crippen LogP contribution in [0.1, 0.15) is 31.2 Å². The Kier molecular flexibility index (Phi) is 5.39. The molecule has 18 heavy (non-hydrogen) atoms. The van der Waals surface area contributed by atoms with E-state index in [1.807, 2.05) is 24.3 Å². The summed E-state index contributed by atoms with van der Waals surface area (Å²) in [6, 6.07) is 7.98. The molecule has 2 rings (SSSR count). The molecule has 0 aromatic heterocycles. The normalized spacial score (nSPS) is 16.7. The number of benzene rings is 1. The largest absolute Gasteiger partial charge is 0.317 e. The first-order chi connectivity index (χ1) is 8.75. The second-order valence-corrected chi connectivity index (χ2v) is 5.89. The van der Waals surface area contributed by atoms with Crippen molar-refractivity contribution in [1.82, 2.24) is 5.32 Å². The van der Waals surface area contributed by atoms with Crippen LogP contribution in [0.4, 0.5) is 0 Å². The van der Waals surface area contributed by atoms with Crippen molar-refractivity contribution >= 4 is 21.7 Å². The van der Waals surface area contributed by atoms with Gasteiger partial charge in [-0.2, -0.15) is 0 Å². The predicted molar refractivity (Wildman–Crippen MR) is 77.7 cm³/mol. The Hall–Kier alpha value is -0.670. The molecule has 1 aliphatic heterocycles. The highest BCUT2D eigenvalue weighted by Crippen LogP contribution is 2.20. The van der Waals surface area contributed by atoms with Gasteiger partial charge in [0.2, 0.25) is 0 Å². The van der Waals surface area contributed by atoms with Crippen LogP contribution in [0.25, 0.3) is 0 Å². The van der Waals surface area contributed by atoms with E-state index in [0.717, 1.165) is 41.9 Å². The highest BCUT2D eigenvalue weighted by Gasteiger charge is 2.15. The predicted octanol–water partition coefficient (Wildman–Crippen LogP) is 3.34. The molecule has 0 spiro atoms. The van der Waals surface area contributed by atoms with Gasteiger partial charge in [-0.05, 0) is 49.9 Å². The minimum atomic E-state index is 0.362. The van der Waals surface area contributed by atoms with E-state index in [9.17, 15) is 4.79 Å². The van der Waals surface area contributed by atoms with E-state index in [1.165, 1.54) is 12.8 Å². The molecule has 1 aliphatic rings. The van der Waals surface area contributed by atoms with E-state index in [1.54, 1.807) is 0 Å². The maximum Gasteiger partial charge on any atom is 0.137 e. The van der Waals surface area contributed by atoms with Crippen molar-refractivity contribution in [3.05, 3.63) is 34.3 Å². The lowest BCUT2D eigenvalue weighted by Crippen LogP contribution is -2.28. The van der Waals surface area contributed by atoms with Crippen molar-refractivity contribution in [2.24, 2.45) is 5.92 Å². The average molecular weight is 310 g/mol. The van der Waals surface area contributed by atoms with Gasteiger partial charge in [-0.15, -0.1) is 0 Å². The van der Waals surface area contributed by atoms with Crippen molar-refractivity contribution in [2.45, 2.75) is 32.1 Å². The summed E-state index contributed by atoms with van der Waals surface area (Å²) in [4.78, 5) is 12.0. The Balaban J connectivity index is 1.76. The van der Waals surface area contributed by atoms with Crippen LogP contribution in [-0.4, -0.2) is 18.9 Å². The van der Waals surface area contributed by atoms with Crippen LogP contribution in [0.2, 0.25) is 0 Å². The minimum absolute atomic E-state index is 0.362. The number of nitrogens with one attached hydrogen (secondary N) is 1. The number of Topliss-reactive ketones (excluding diaryl/α,β-unsaturated/α-hetero) is 1. The van der Waals surface area contributed by atoms with E-state index < -0.39 is 0 Å². The summed E-state index contributed by atoms with van der Waals surface area (Å²) in [6.45, 7) is 2.23. The number of carbonyl (C=O) groups is 1. The van der Waals surface area contributed by atoms with Gasteiger partial charge in [-0.25, -0.2) is 0 Å². The monoisotopic (exact) mass is 309 g/mol. The molecule has 0 atom stereocenters. The van der Waals surface area contributed by atoms with Crippen LogP contribution in [0.5, 0.6) is 0 Å². The highest BCUT2D eigenvalue weighted by atomic mass is 79.9. The molecule has 1 N–H and O–H groups in total. The molecule has 1 aromatic carbocycles. The summed E-state index contributed by atoms with van der Waals surface area (Å²) in [5, 5.41) is 3.36. The molecule has 0 unspecified atom stereocenters. The van der Waals surface area contributed by atoms with Crippen molar-refractivity contribution in [3.63, 3.8) is 0 Å². The molecular formula is C15H20BrNO. The Morgan fingerprint density at radius 3 is 2.72 bits per heavy atom. The lowest BCUT2D eigenvalue weighted by atomic mass is 9.91. The van der Waals surface area contributed by atoms with Gasteiger partial charge in [0.15, 0.2) is 0 Å². The quantitative estimate of drug-likeness (QED) is 0.904. The van der Waals surface area contributed by atoms with Crippen LogP contribution in [0.3, 0.4) is 0 Å². The van der Waals surface area contributed by atoms with Gasteiger partial charge in [0.25, 0.3) is 0 Å². The molecule has 1 heterocycles. The zero-order valence-electron chi connectivity index (χ0n) is 10.6. The molecule has 1 fully saturated rings. The Bertz CT molecular complexity index is 399. The van der Waals surface area contributed by atoms with Gasteiger partial charge in [-0.1, -0.05) is 34.1 Å². The van der Waals surface area contributed by atoms with Gasteiger partial charge in [0.1, 0.15) is 5.78 Å². The van der Waals surface area contributed by atoms with E-state index in [2.05, 4.69) is 21.2 Å². The topological polar surface area (TPSA) is 29.1 Å². The fraction of sp³-hybridized carbons (Fsp3) is 0.533. The number of rotatable bonds is 5. The third kappa shape index (κ3) is 4.21. The van der Waals surface area contributed by atoms with E-state index >= 15 is 0 Å². The van der Waals surface area contributed by atoms with Crippen molar-refractivity contribution in [2.75, 3.05) is 13.1 Å². The lowest BCUT2D eigenvalue weighted by molar-refractivity contribution is -0.118. The SMILES string of the molecule is O=C(CCC1CCNCC1)Cc1ccccc1Br. The highest BCUT2D eigenvalue weighted by molar-refractivity contribution is 9.10. The van der Waals surface area contributed by atoms with E-state index in [4.69, 9.17) is 0 Å². The zero-order valence-corrected chi connectivity index (χ0v) is 12.2. The molecule has 0 radical (unpaired) electrons. The van der Waals surface area contributed by atoms with Crippen molar-refractivity contribution < 1.29 is 4.79 Å². The molecule has 1 saturated heterocycles. The van der Waals surface area contributed by atoms with Crippen LogP contribution in [0.15, 0.2) is 28.7 Å². The van der Waals surface area contributed by atoms with Gasteiger partial charge in [0, 0.05) is 17.3 Å². The van der Waals surface area contributed by atoms with Crippen LogP contribution in [0, 0.1) is 5.92 Å². The molecule has 0 aliphatic carbocycles. The maximum absolute atomic E-state index is 12.0. The number of piperidine rings is 1. The van der Waals surface area contributed by atoms with Gasteiger partial charge < -0.3 is 5.32 Å². The second-order valence-electron chi connectivity index (χ2n) is 5.04. The second kappa shape index (κ2) is 7.05. The summed E-state index contributed by atoms with van der Waals surface area (Å²) in [6.07, 6.45) is 4.80. The van der Waals surface area contributed by atoms with Gasteiger partial charge >= 0.3 is 0 Å². The molecule has 3 heteroatoms. The molecule has 0 saturated carbocycles. The first-order valence-corrected chi connectivity index (χ1v) is 7.51. The van der Waals surface area contributed by atoms with Crippen molar-refractivity contribution in [1.29, 1.82) is 0 Å². The fourth-order valence-corrected chi connectivity index (χ4v) is 2.90. The average Bonchev–Trinajstić information content (AvgIpc) is 2.40. The number of hydrogen-bond acceptors (Lipinski definition) is 2. The zero-order chi connectivity index (χ0) is 12.8. The van der Waals surface area contributed by atoms with Crippen LogP contribution >= 0.6 is 15.9 Å².